The molecule has 2 aromatic heterocycles. The number of carboxylic acid groups (broad SMARTS) is 1. The summed E-state index contributed by atoms with van der Waals surface area (Å²) in [6.45, 7) is 24.1. The summed E-state index contributed by atoms with van der Waals surface area (Å²) in [6, 6.07) is 8.86. The fraction of sp³-hybridized carbons (Fsp3) is 0.671. The lowest BCUT2D eigenvalue weighted by molar-refractivity contribution is -0.157. The summed E-state index contributed by atoms with van der Waals surface area (Å²) >= 11 is 0. The van der Waals surface area contributed by atoms with Crippen LogP contribution in [0.1, 0.15) is 218 Å². The molecule has 6 heterocycles. The van der Waals surface area contributed by atoms with Gasteiger partial charge in [0.15, 0.2) is 5.78 Å². The molecule has 116 heavy (non-hydrogen) atoms. The largest absolute Gasteiger partial charge is 0.497 e. The van der Waals surface area contributed by atoms with E-state index in [9.17, 15) is 60.3 Å². The molecule has 4 aromatic rings. The van der Waals surface area contributed by atoms with Crippen LogP contribution in [-0.4, -0.2) is 178 Å². The highest BCUT2D eigenvalue weighted by Crippen LogP contribution is 2.58. The molecule has 31 heteroatoms. The number of carbonyl (C=O) groups is 8. The highest BCUT2D eigenvalue weighted by atomic mass is 35.5. The van der Waals surface area contributed by atoms with Gasteiger partial charge in [-0.3, -0.25) is 43.0 Å². The van der Waals surface area contributed by atoms with Gasteiger partial charge in [-0.05, 0) is 150 Å². The van der Waals surface area contributed by atoms with E-state index in [1.165, 1.54) is 9.80 Å². The van der Waals surface area contributed by atoms with Crippen molar-refractivity contribution in [3.05, 3.63) is 73.1 Å². The number of nitrogens with one attached hydrogen (secondary N) is 2. The van der Waals surface area contributed by atoms with E-state index in [1.54, 1.807) is 52.4 Å². The van der Waals surface area contributed by atoms with Crippen LogP contribution in [0.15, 0.2) is 61.7 Å². The number of amides is 4. The average Bonchev–Trinajstić information content (AvgIpc) is 1.57. The van der Waals surface area contributed by atoms with Gasteiger partial charge in [-0.15, -0.1) is 25.6 Å². The number of esters is 2. The second-order valence-electron chi connectivity index (χ2n) is 35.4. The summed E-state index contributed by atoms with van der Waals surface area (Å²) in [5.41, 5.74) is 6.16. The van der Waals surface area contributed by atoms with Crippen LogP contribution in [0.25, 0.3) is 22.1 Å². The number of aromatic nitrogens is 4. The van der Waals surface area contributed by atoms with Gasteiger partial charge >= 0.3 is 17.9 Å². The van der Waals surface area contributed by atoms with Crippen LogP contribution in [0, 0.1) is 63.6 Å². The van der Waals surface area contributed by atoms with Crippen LogP contribution in [0.2, 0.25) is 0 Å². The quantitative estimate of drug-likeness (QED) is 0.0673. The third-order valence-corrected chi connectivity index (χ3v) is 28.9. The van der Waals surface area contributed by atoms with Gasteiger partial charge in [-0.2, -0.15) is 0 Å². The number of ketones is 1. The topological polar surface area (TPSA) is 389 Å². The van der Waals surface area contributed by atoms with Crippen molar-refractivity contribution in [1.82, 2.24) is 39.2 Å². The molecule has 4 amide bonds. The maximum absolute atomic E-state index is 14.8. The zero-order valence-electron chi connectivity index (χ0n) is 66.7. The highest BCUT2D eigenvalue weighted by molar-refractivity contribution is 7.91. The van der Waals surface area contributed by atoms with Gasteiger partial charge in [0.25, 0.3) is 5.91 Å². The van der Waals surface area contributed by atoms with E-state index in [4.69, 9.17) is 54.1 Å². The molecule has 2 aromatic carbocycles. The van der Waals surface area contributed by atoms with E-state index >= 15 is 0 Å². The van der Waals surface area contributed by atoms with Crippen LogP contribution >= 0.6 is 12.4 Å². The van der Waals surface area contributed by atoms with Crippen molar-refractivity contribution in [3.8, 4) is 23.3 Å². The molecular formula is C85H124ClN9O19S2. The van der Waals surface area contributed by atoms with Crippen molar-refractivity contribution in [2.24, 2.45) is 69.3 Å². The third-order valence-electron chi connectivity index (χ3n) is 24.9. The van der Waals surface area contributed by atoms with E-state index in [0.29, 0.717) is 102 Å². The first-order valence-corrected chi connectivity index (χ1v) is 42.7. The number of aryl methyl sites for hydroxylation is 2. The first-order chi connectivity index (χ1) is 52.7. The third kappa shape index (κ3) is 20.6. The number of hydrogen-bond donors (Lipinski definition) is 4. The Morgan fingerprint density at radius 1 is 0.612 bits per heavy atom. The maximum Gasteiger partial charge on any atom is 0.326 e. The Kier molecular flexibility index (Phi) is 29.2. The fourth-order valence-electron chi connectivity index (χ4n) is 16.4. The number of carbonyl (C=O) groups excluding carboxylic acids is 7. The minimum Gasteiger partial charge on any atom is -0.497 e. The number of halogens is 1. The molecule has 6 aliphatic carbocycles. The summed E-state index contributed by atoms with van der Waals surface area (Å²) < 4.78 is 88.4. The van der Waals surface area contributed by atoms with Crippen molar-refractivity contribution in [1.29, 1.82) is 0 Å². The number of ether oxygens (including phenoxy) is 6. The highest BCUT2D eigenvalue weighted by Gasteiger charge is 2.63. The van der Waals surface area contributed by atoms with E-state index < -0.39 is 135 Å². The van der Waals surface area contributed by atoms with Crippen LogP contribution in [0.5, 0.6) is 23.3 Å². The van der Waals surface area contributed by atoms with Crippen LogP contribution < -0.4 is 34.1 Å². The standard InChI is InChI=1S/C41H54N4O9S.C31H41N3O7.C10H16N2O3S.3CH4.ClH/c1-7-25-20-41(25,39(49)44-55(50,51)27-14-15-27)21-32(46)36-23(2)34-22-45(36)38(48)28(40(3,4)5)19-35(47)53-33-17-24(33)11-9-8-10-12-30-37(54-34)43-31-18-26(52-6)13-16-29(31)42-30;1-17-25-16-34(27(17)30(37)38)29(36)20(31(2,3)4)15-26(35)40-24-13-18(24)9-7-6-8-10-22-28(41-25)33-23-14-19(39-5)11-12-21(23)32-22;1-3-7-6-10(7,11)8(13)12-16(14,15)9(2)4-5-9;;;;/h7,13,16,18,23-25,27-28,33-34,36H,1,8-12,14-15,17,19-22H2,2-6H3,(H,44,49);11-12,14,17-18,20,24-25,27H,6-10,13,15-16H2,1-5H3,(H,37,38);3,7H,1,4-6,11H2,2H3,(H,12,13);3*1H4;1H/t23-,24-,25-,28-,33-,34+,36+,41-;17-,18-,20-,24-,25+,27+;7-,10-;;;;/m111..../s1. The van der Waals surface area contributed by atoms with Crippen LogP contribution in [0.4, 0.5) is 0 Å². The average molecular weight is 1680 g/mol. The molecule has 28 nitrogen and oxygen atoms in total. The molecule has 10 aliphatic rings. The zero-order chi connectivity index (χ0) is 81.1. The molecular weight excluding hydrogens is 1550 g/mol. The van der Waals surface area contributed by atoms with Gasteiger partial charge in [-0.1, -0.05) is 116 Å². The predicted octanol–water partition coefficient (Wildman–Crippen LogP) is 11.7. The number of methoxy groups -OCH3 is 2. The lowest BCUT2D eigenvalue weighted by atomic mass is 9.77. The molecule has 14 rings (SSSR count). The normalized spacial score (nSPS) is 30.2. The van der Waals surface area contributed by atoms with E-state index in [2.05, 4.69) is 22.6 Å². The summed E-state index contributed by atoms with van der Waals surface area (Å²) in [5.74, 6) is -4.94. The Bertz CT molecular complexity index is 4600. The Balaban J connectivity index is 0.000000242. The molecule has 6 saturated carbocycles. The molecule has 16 atom stereocenters. The van der Waals surface area contributed by atoms with Crippen molar-refractivity contribution in [2.45, 2.75) is 271 Å². The monoisotopic (exact) mass is 1670 g/mol. The van der Waals surface area contributed by atoms with Crippen LogP contribution in [0.3, 0.4) is 0 Å². The lowest BCUT2D eigenvalue weighted by Gasteiger charge is -2.35. The van der Waals surface area contributed by atoms with Crippen LogP contribution in [-0.2, 0) is 80.7 Å². The lowest BCUT2D eigenvalue weighted by Crippen LogP contribution is -2.49. The van der Waals surface area contributed by atoms with Crippen molar-refractivity contribution in [3.63, 3.8) is 0 Å². The molecule has 5 N–H and O–H groups in total. The van der Waals surface area contributed by atoms with Gasteiger partial charge in [0.05, 0.1) is 95.5 Å². The molecule has 642 valence electrons. The number of rotatable bonds is 14. The second kappa shape index (κ2) is 36.2. The number of Topliss-reactive ketones (excluding diaryl/α,β-unsaturated/α-hetero) is 1. The molecule has 8 fully saturated rings. The zero-order valence-corrected chi connectivity index (χ0v) is 69.2. The Labute approximate surface area is 690 Å². The summed E-state index contributed by atoms with van der Waals surface area (Å²) in [6.07, 6.45) is 14.5. The van der Waals surface area contributed by atoms with Crippen molar-refractivity contribution < 1.29 is 88.7 Å². The van der Waals surface area contributed by atoms with Gasteiger partial charge in [0.1, 0.15) is 58.9 Å². The maximum atomic E-state index is 14.8. The number of fused-ring (bicyclic) bond motifs is 10. The number of aliphatic carboxylic acids is 1. The number of carboxylic acids is 1. The second-order valence-corrected chi connectivity index (χ2v) is 39.5. The molecule has 0 spiro atoms. The van der Waals surface area contributed by atoms with Crippen molar-refractivity contribution >= 4 is 102 Å². The number of hydrogen-bond acceptors (Lipinski definition) is 23. The number of nitrogens with two attached hydrogens (primary N) is 1. The first kappa shape index (κ1) is 93.4. The Hall–Kier alpha value is -8.09. The number of nitrogens with zero attached hydrogens (tertiary/aromatic N) is 6. The van der Waals surface area contributed by atoms with E-state index in [1.807, 2.05) is 72.7 Å². The van der Waals surface area contributed by atoms with Gasteiger partial charge in [0.2, 0.25) is 49.5 Å². The number of sulfonamides is 2. The molecule has 2 saturated heterocycles. The summed E-state index contributed by atoms with van der Waals surface area (Å²) in [5, 5.41) is 9.59. The summed E-state index contributed by atoms with van der Waals surface area (Å²) in [4.78, 5) is 130. The van der Waals surface area contributed by atoms with Crippen molar-refractivity contribution in [2.75, 3.05) is 27.3 Å². The molecule has 4 aliphatic heterocycles. The smallest absolute Gasteiger partial charge is 0.326 e. The minimum atomic E-state index is -3.86. The van der Waals surface area contributed by atoms with Gasteiger partial charge < -0.3 is 49.1 Å². The molecule has 0 radical (unpaired) electrons. The fourth-order valence-corrected chi connectivity index (χ4v) is 19.1. The summed E-state index contributed by atoms with van der Waals surface area (Å²) in [7, 11) is -4.27. The van der Waals surface area contributed by atoms with Gasteiger partial charge in [0, 0.05) is 36.3 Å². The Morgan fingerprint density at radius 3 is 1.46 bits per heavy atom. The molecule has 4 bridgehead atoms. The van der Waals surface area contributed by atoms with Gasteiger partial charge in [-0.25, -0.2) is 41.6 Å². The Morgan fingerprint density at radius 2 is 1.06 bits per heavy atom. The number of benzene rings is 2. The minimum absolute atomic E-state index is 0. The SMILES string of the molecule is C.C.C.C=C[C@@H]1C[C@]1(CC(=O)[C@@H]1[C@H](C)[C@@H]2CN1C(=O)[C@H](C(C)(C)C)CC(=O)O[C@@H]1C[C@H]1CCCCCc1nc3ccc(OC)cc3nc1O2)C(=O)NS(=O)(=O)C1CC1.C=C[C@@H]1C[C@]1(N)C(=O)NS(=O)(=O)C1(C)CC1.COc1ccc2nc3c(nc2c1)O[C@H]1CN(C(=O)[C@H](C(C)(C)C)CC(=O)O[C@@H]2C[C@H]2CCCCC3)[C@H](C(=O)O)[C@@H]1C.Cl. The molecule has 0 unspecified atom stereocenters. The van der Waals surface area contributed by atoms with E-state index in [0.717, 1.165) is 75.4 Å². The first-order valence-electron chi connectivity index (χ1n) is 39.7. The number of allylic oxidation sites excluding steroid dienone is 1. The van der Waals surface area contributed by atoms with E-state index in [-0.39, 0.29) is 109 Å². The predicted molar refractivity (Wildman–Crippen MR) is 441 cm³/mol.